The van der Waals surface area contributed by atoms with E-state index >= 15 is 0 Å². The van der Waals surface area contributed by atoms with Gasteiger partial charge in [0.25, 0.3) is 0 Å². The maximum atomic E-state index is 13.6. The van der Waals surface area contributed by atoms with E-state index in [1.807, 2.05) is 0 Å². The van der Waals surface area contributed by atoms with Crippen LogP contribution in [-0.2, 0) is 19.1 Å². The molecule has 1 rings (SSSR count). The summed E-state index contributed by atoms with van der Waals surface area (Å²) in [5.41, 5.74) is -0.730. The highest BCUT2D eigenvalue weighted by Crippen LogP contribution is 2.41. The van der Waals surface area contributed by atoms with Gasteiger partial charge < -0.3 is 19.4 Å². The molecule has 0 aromatic carbocycles. The number of rotatable bonds is 8. The van der Waals surface area contributed by atoms with Crippen LogP contribution in [-0.4, -0.2) is 54.5 Å². The molecule has 1 N–H and O–H groups in total. The van der Waals surface area contributed by atoms with Gasteiger partial charge >= 0.3 is 12.1 Å². The molecule has 0 unspecified atom stereocenters. The van der Waals surface area contributed by atoms with Crippen LogP contribution in [0.4, 0.5) is 4.79 Å². The molecule has 0 aromatic rings. The van der Waals surface area contributed by atoms with Crippen LogP contribution in [0, 0.1) is 17.8 Å². The first-order valence-electron chi connectivity index (χ1n) is 12.4. The summed E-state index contributed by atoms with van der Waals surface area (Å²) >= 11 is 0. The van der Waals surface area contributed by atoms with Gasteiger partial charge in [0.05, 0.1) is 0 Å². The Kier molecular flexibility index (Phi) is 10.5. The number of nitrogens with zero attached hydrogens (tertiary/aromatic N) is 1. The van der Waals surface area contributed by atoms with E-state index in [9.17, 15) is 14.7 Å². The Morgan fingerprint density at radius 1 is 1.09 bits per heavy atom. The molecule has 0 heterocycles. The van der Waals surface area contributed by atoms with Crippen molar-refractivity contribution in [2.75, 3.05) is 6.61 Å². The zero-order valence-corrected chi connectivity index (χ0v) is 23.9. The zero-order valence-electron chi connectivity index (χ0n) is 22.9. The van der Waals surface area contributed by atoms with E-state index in [0.717, 1.165) is 19.3 Å². The van der Waals surface area contributed by atoms with Crippen LogP contribution in [0.2, 0.25) is 18.1 Å². The number of carbonyl (C=O) groups excluding carboxylic acids is 2. The molecular formula is C25H49NO6Si. The molecule has 1 aliphatic carbocycles. The SMILES string of the molecule is CC(C)[C@@H]1CC[C@@H](C)C[C@H]1OC(=O)[C@H](CCO)N(OC(=O)OC(C)(C)C)[Si](C)(C)C(C)(C)C. The number of aliphatic hydroxyl groups is 1. The second kappa shape index (κ2) is 11.5. The average molecular weight is 488 g/mol. The molecule has 0 radical (unpaired) electrons. The Morgan fingerprint density at radius 3 is 2.12 bits per heavy atom. The van der Waals surface area contributed by atoms with E-state index in [-0.39, 0.29) is 24.2 Å². The van der Waals surface area contributed by atoms with Gasteiger partial charge in [0, 0.05) is 6.61 Å². The van der Waals surface area contributed by atoms with Gasteiger partial charge in [-0.05, 0) is 62.8 Å². The van der Waals surface area contributed by atoms with E-state index < -0.39 is 32.0 Å². The Bertz CT molecular complexity index is 652. The highest BCUT2D eigenvalue weighted by Gasteiger charge is 2.50. The summed E-state index contributed by atoms with van der Waals surface area (Å²) in [6.07, 6.45) is 2.08. The Balaban J connectivity index is 3.28. The molecule has 4 atom stereocenters. The molecule has 0 saturated heterocycles. The van der Waals surface area contributed by atoms with E-state index in [4.69, 9.17) is 14.3 Å². The summed E-state index contributed by atoms with van der Waals surface area (Å²) in [6.45, 7) is 21.9. The highest BCUT2D eigenvalue weighted by atomic mass is 28.3. The fraction of sp³-hybridized carbons (Fsp3) is 0.920. The summed E-state index contributed by atoms with van der Waals surface area (Å²) in [5.74, 6) is 0.750. The van der Waals surface area contributed by atoms with Crippen molar-refractivity contribution in [1.82, 2.24) is 4.73 Å². The second-order valence-corrected chi connectivity index (χ2v) is 17.6. The molecule has 194 valence electrons. The minimum absolute atomic E-state index is 0.114. The Labute approximate surface area is 202 Å². The normalized spacial score (nSPS) is 23.4. The van der Waals surface area contributed by atoms with Crippen LogP contribution < -0.4 is 0 Å². The van der Waals surface area contributed by atoms with Crippen LogP contribution >= 0.6 is 0 Å². The van der Waals surface area contributed by atoms with E-state index in [1.54, 1.807) is 20.8 Å². The molecule has 0 aliphatic heterocycles. The molecule has 1 fully saturated rings. The maximum Gasteiger partial charge on any atom is 0.527 e. The lowest BCUT2D eigenvalue weighted by molar-refractivity contribution is -0.177. The number of hydroxylamine groups is 1. The number of ether oxygens (including phenoxy) is 2. The summed E-state index contributed by atoms with van der Waals surface area (Å²) in [4.78, 5) is 32.0. The van der Waals surface area contributed by atoms with Gasteiger partial charge in [-0.15, -0.1) is 0 Å². The van der Waals surface area contributed by atoms with E-state index in [0.29, 0.717) is 17.8 Å². The predicted molar refractivity (Wildman–Crippen MR) is 133 cm³/mol. The molecule has 0 amide bonds. The summed E-state index contributed by atoms with van der Waals surface area (Å²) in [7, 11) is -2.56. The lowest BCUT2D eigenvalue weighted by atomic mass is 9.75. The molecule has 0 spiro atoms. The van der Waals surface area contributed by atoms with Crippen LogP contribution in [0.3, 0.4) is 0 Å². The van der Waals surface area contributed by atoms with Gasteiger partial charge in [0.1, 0.15) is 17.7 Å². The maximum absolute atomic E-state index is 13.6. The molecule has 0 bridgehead atoms. The smallest absolute Gasteiger partial charge is 0.461 e. The molecule has 33 heavy (non-hydrogen) atoms. The minimum atomic E-state index is -2.56. The quantitative estimate of drug-likeness (QED) is 0.258. The lowest BCUT2D eigenvalue weighted by Crippen LogP contribution is -2.62. The average Bonchev–Trinajstić information content (AvgIpc) is 2.61. The van der Waals surface area contributed by atoms with Crippen molar-refractivity contribution in [2.45, 2.75) is 124 Å². The zero-order chi connectivity index (χ0) is 25.8. The Hall–Kier alpha value is -1.12. The van der Waals surface area contributed by atoms with E-state index in [1.165, 1.54) is 4.73 Å². The van der Waals surface area contributed by atoms with Crippen molar-refractivity contribution < 1.29 is 29.0 Å². The van der Waals surface area contributed by atoms with Crippen molar-refractivity contribution in [1.29, 1.82) is 0 Å². The lowest BCUT2D eigenvalue weighted by Gasteiger charge is -2.46. The molecule has 1 saturated carbocycles. The first-order valence-corrected chi connectivity index (χ1v) is 15.4. The third-order valence-corrected chi connectivity index (χ3v) is 12.3. The number of aliphatic hydroxyl groups excluding tert-OH is 1. The van der Waals surface area contributed by atoms with Crippen molar-refractivity contribution in [3.05, 3.63) is 0 Å². The first kappa shape index (κ1) is 29.9. The third kappa shape index (κ3) is 8.55. The van der Waals surface area contributed by atoms with Gasteiger partial charge in [-0.1, -0.05) is 61.1 Å². The van der Waals surface area contributed by atoms with Crippen molar-refractivity contribution in [3.8, 4) is 0 Å². The standard InChI is InChI=1S/C25H49NO6Si/c1-17(2)19-13-12-18(3)16-21(19)30-22(28)20(14-15-27)26(33(10,11)25(7,8)9)32-23(29)31-24(4,5)6/h17-21,27H,12-16H2,1-11H3/t18-,19+,20+,21-/m1/s1. The largest absolute Gasteiger partial charge is 0.527 e. The number of hydrogen-bond acceptors (Lipinski definition) is 7. The highest BCUT2D eigenvalue weighted by molar-refractivity contribution is 6.77. The fourth-order valence-electron chi connectivity index (χ4n) is 4.18. The van der Waals surface area contributed by atoms with Crippen molar-refractivity contribution >= 4 is 20.4 Å². The molecule has 7 nitrogen and oxygen atoms in total. The van der Waals surface area contributed by atoms with Crippen molar-refractivity contribution in [2.24, 2.45) is 17.8 Å². The number of carbonyl (C=O) groups is 2. The van der Waals surface area contributed by atoms with Crippen LogP contribution in [0.25, 0.3) is 0 Å². The Morgan fingerprint density at radius 2 is 1.67 bits per heavy atom. The van der Waals surface area contributed by atoms with E-state index in [2.05, 4.69) is 54.6 Å². The minimum Gasteiger partial charge on any atom is -0.461 e. The van der Waals surface area contributed by atoms with Gasteiger partial charge in [0.2, 0.25) is 0 Å². The van der Waals surface area contributed by atoms with Crippen LogP contribution in [0.5, 0.6) is 0 Å². The van der Waals surface area contributed by atoms with Gasteiger partial charge in [-0.3, -0.25) is 4.79 Å². The fourth-order valence-corrected chi connectivity index (χ4v) is 6.16. The molecule has 1 aliphatic rings. The van der Waals surface area contributed by atoms with Gasteiger partial charge in [-0.2, -0.15) is 4.73 Å². The summed E-state index contributed by atoms with van der Waals surface area (Å²) in [6, 6.07) is -0.895. The molecular weight excluding hydrogens is 438 g/mol. The third-order valence-electron chi connectivity index (χ3n) is 7.14. The number of esters is 1. The van der Waals surface area contributed by atoms with Gasteiger partial charge in [0.15, 0.2) is 8.24 Å². The van der Waals surface area contributed by atoms with Crippen molar-refractivity contribution in [3.63, 3.8) is 0 Å². The number of hydrogen-bond donors (Lipinski definition) is 1. The molecule has 8 heteroatoms. The summed E-state index contributed by atoms with van der Waals surface area (Å²) < 4.78 is 13.0. The predicted octanol–water partition coefficient (Wildman–Crippen LogP) is 5.92. The van der Waals surface area contributed by atoms with Crippen LogP contribution in [0.1, 0.15) is 88.0 Å². The second-order valence-electron chi connectivity index (χ2n) is 12.5. The van der Waals surface area contributed by atoms with Crippen LogP contribution in [0.15, 0.2) is 0 Å². The van der Waals surface area contributed by atoms with Gasteiger partial charge in [-0.25, -0.2) is 4.79 Å². The topological polar surface area (TPSA) is 85.3 Å². The first-order chi connectivity index (χ1) is 14.9. The monoisotopic (exact) mass is 487 g/mol. The molecule has 0 aromatic heterocycles. The summed E-state index contributed by atoms with van der Waals surface area (Å²) in [5, 5.41) is 9.59.